The van der Waals surface area contributed by atoms with Crippen LogP contribution in [0.5, 0.6) is 0 Å². The lowest BCUT2D eigenvalue weighted by molar-refractivity contribution is 0.0890. The van der Waals surface area contributed by atoms with E-state index in [1.165, 1.54) is 38.5 Å². The van der Waals surface area contributed by atoms with Crippen molar-refractivity contribution in [2.75, 3.05) is 13.6 Å². The molecule has 1 fully saturated rings. The van der Waals surface area contributed by atoms with E-state index in [9.17, 15) is 0 Å². The number of rotatable bonds is 6. The van der Waals surface area contributed by atoms with Crippen molar-refractivity contribution in [1.82, 2.24) is 4.90 Å². The molecule has 0 heterocycles. The number of nitrogens with zero attached hydrogens (tertiary/aromatic N) is 1. The van der Waals surface area contributed by atoms with Crippen molar-refractivity contribution < 1.29 is 0 Å². The van der Waals surface area contributed by atoms with Crippen molar-refractivity contribution >= 4 is 0 Å². The predicted molar refractivity (Wildman–Crippen MR) is 76.1 cm³/mol. The van der Waals surface area contributed by atoms with Crippen LogP contribution in [0.25, 0.3) is 0 Å². The zero-order valence-corrected chi connectivity index (χ0v) is 12.3. The third-order valence-electron chi connectivity index (χ3n) is 4.92. The van der Waals surface area contributed by atoms with Gasteiger partial charge in [-0.1, -0.05) is 33.6 Å². The Morgan fingerprint density at radius 2 is 1.65 bits per heavy atom. The number of hydrogen-bond acceptors (Lipinski definition) is 2. The second kappa shape index (κ2) is 7.38. The molecule has 0 aromatic rings. The van der Waals surface area contributed by atoms with Gasteiger partial charge in [0, 0.05) is 18.6 Å². The van der Waals surface area contributed by atoms with Crippen molar-refractivity contribution in [3.05, 3.63) is 0 Å². The van der Waals surface area contributed by atoms with E-state index in [2.05, 4.69) is 32.7 Å². The lowest BCUT2D eigenvalue weighted by Gasteiger charge is -2.41. The zero-order chi connectivity index (χ0) is 12.8. The average molecular weight is 240 g/mol. The van der Waals surface area contributed by atoms with Crippen LogP contribution in [0.3, 0.4) is 0 Å². The first-order valence-electron chi connectivity index (χ1n) is 7.55. The van der Waals surface area contributed by atoms with E-state index in [1.54, 1.807) is 0 Å². The molecule has 0 aliphatic heterocycles. The van der Waals surface area contributed by atoms with Crippen LogP contribution < -0.4 is 5.73 Å². The van der Waals surface area contributed by atoms with E-state index in [4.69, 9.17) is 5.73 Å². The summed E-state index contributed by atoms with van der Waals surface area (Å²) in [6, 6.07) is 1.36. The van der Waals surface area contributed by atoms with Gasteiger partial charge in [-0.3, -0.25) is 4.90 Å². The van der Waals surface area contributed by atoms with Crippen LogP contribution in [0.15, 0.2) is 0 Å². The van der Waals surface area contributed by atoms with Crippen LogP contribution in [0.4, 0.5) is 0 Å². The Kier molecular flexibility index (Phi) is 6.50. The van der Waals surface area contributed by atoms with Gasteiger partial charge in [0.1, 0.15) is 0 Å². The summed E-state index contributed by atoms with van der Waals surface area (Å²) in [5.74, 6) is 1.70. The normalized spacial score (nSPS) is 27.7. The zero-order valence-electron chi connectivity index (χ0n) is 12.3. The number of likely N-dealkylation sites (N-methyl/N-ethyl adjacent to an activating group) is 1. The molecule has 17 heavy (non-hydrogen) atoms. The molecule has 2 N–H and O–H groups in total. The molecule has 0 spiro atoms. The van der Waals surface area contributed by atoms with Crippen LogP contribution in [0.2, 0.25) is 0 Å². The molecule has 1 rings (SSSR count). The maximum absolute atomic E-state index is 6.02. The van der Waals surface area contributed by atoms with Crippen molar-refractivity contribution in [3.8, 4) is 0 Å². The average Bonchev–Trinajstić information content (AvgIpc) is 2.36. The van der Waals surface area contributed by atoms with Crippen molar-refractivity contribution in [1.29, 1.82) is 0 Å². The first kappa shape index (κ1) is 15.0. The van der Waals surface area contributed by atoms with E-state index in [-0.39, 0.29) is 0 Å². The fourth-order valence-electron chi connectivity index (χ4n) is 3.44. The molecule has 1 aliphatic carbocycles. The van der Waals surface area contributed by atoms with E-state index < -0.39 is 0 Å². The highest BCUT2D eigenvalue weighted by Crippen LogP contribution is 2.29. The molecule has 0 radical (unpaired) electrons. The molecule has 1 saturated carbocycles. The highest BCUT2D eigenvalue weighted by molar-refractivity contribution is 4.84. The molecule has 102 valence electrons. The smallest absolute Gasteiger partial charge is 0.0246 e. The Balaban J connectivity index is 2.55. The molecule has 0 aromatic heterocycles. The Bertz CT molecular complexity index is 193. The molecular formula is C15H32N2. The van der Waals surface area contributed by atoms with Gasteiger partial charge in [-0.25, -0.2) is 0 Å². The Hall–Kier alpha value is -0.0800. The fraction of sp³-hybridized carbons (Fsp3) is 1.00. The molecule has 1 atom stereocenters. The Morgan fingerprint density at radius 3 is 2.06 bits per heavy atom. The first-order chi connectivity index (χ1) is 8.13. The van der Waals surface area contributed by atoms with Gasteiger partial charge in [0.15, 0.2) is 0 Å². The lowest BCUT2D eigenvalue weighted by atomic mass is 9.84. The Labute approximate surface area is 108 Å². The van der Waals surface area contributed by atoms with Crippen LogP contribution >= 0.6 is 0 Å². The number of nitrogens with two attached hydrogens (primary N) is 1. The van der Waals surface area contributed by atoms with Gasteiger partial charge >= 0.3 is 0 Å². The minimum absolute atomic E-state index is 0.586. The Morgan fingerprint density at radius 1 is 1.12 bits per heavy atom. The second-order valence-corrected chi connectivity index (χ2v) is 5.96. The highest BCUT2D eigenvalue weighted by atomic mass is 15.2. The third-order valence-corrected chi connectivity index (χ3v) is 4.92. The summed E-state index contributed by atoms with van der Waals surface area (Å²) < 4.78 is 0. The van der Waals surface area contributed by atoms with Crippen molar-refractivity contribution in [2.45, 2.75) is 71.4 Å². The summed E-state index contributed by atoms with van der Waals surface area (Å²) in [7, 11) is 2.30. The van der Waals surface area contributed by atoms with E-state index >= 15 is 0 Å². The van der Waals surface area contributed by atoms with Gasteiger partial charge < -0.3 is 5.73 Å². The van der Waals surface area contributed by atoms with Crippen molar-refractivity contribution in [3.63, 3.8) is 0 Å². The van der Waals surface area contributed by atoms with Crippen LogP contribution in [-0.4, -0.2) is 30.6 Å². The molecule has 2 nitrogen and oxygen atoms in total. The van der Waals surface area contributed by atoms with E-state index in [1.807, 2.05) is 0 Å². The largest absolute Gasteiger partial charge is 0.329 e. The standard InChI is InChI=1S/C15H32N2/c1-5-13(6-2)15(11-16)17(4)14-9-7-12(3)8-10-14/h12-15H,5-11,16H2,1-4H3. The first-order valence-corrected chi connectivity index (χ1v) is 7.55. The van der Waals surface area contributed by atoms with Crippen LogP contribution in [-0.2, 0) is 0 Å². The van der Waals surface area contributed by atoms with Crippen LogP contribution in [0, 0.1) is 11.8 Å². The van der Waals surface area contributed by atoms with Gasteiger partial charge in [0.2, 0.25) is 0 Å². The van der Waals surface area contributed by atoms with Gasteiger partial charge in [-0.15, -0.1) is 0 Å². The summed E-state index contributed by atoms with van der Waals surface area (Å²) in [5, 5.41) is 0. The highest BCUT2D eigenvalue weighted by Gasteiger charge is 2.29. The molecule has 2 heteroatoms. The number of hydrogen-bond donors (Lipinski definition) is 1. The molecule has 1 unspecified atom stereocenters. The molecular weight excluding hydrogens is 208 g/mol. The van der Waals surface area contributed by atoms with E-state index in [0.717, 1.165) is 24.4 Å². The monoisotopic (exact) mass is 240 g/mol. The molecule has 0 amide bonds. The summed E-state index contributed by atoms with van der Waals surface area (Å²) >= 11 is 0. The van der Waals surface area contributed by atoms with Crippen molar-refractivity contribution in [2.24, 2.45) is 17.6 Å². The maximum atomic E-state index is 6.02. The van der Waals surface area contributed by atoms with Crippen LogP contribution in [0.1, 0.15) is 59.3 Å². The van der Waals surface area contributed by atoms with Gasteiger partial charge in [0.05, 0.1) is 0 Å². The second-order valence-electron chi connectivity index (χ2n) is 5.96. The molecule has 1 aliphatic rings. The van der Waals surface area contributed by atoms with E-state index in [0.29, 0.717) is 6.04 Å². The lowest BCUT2D eigenvalue weighted by Crippen LogP contribution is -2.49. The summed E-state index contributed by atoms with van der Waals surface area (Å²) in [6.07, 6.45) is 8.05. The molecule has 0 aromatic carbocycles. The fourth-order valence-corrected chi connectivity index (χ4v) is 3.44. The maximum Gasteiger partial charge on any atom is 0.0246 e. The van der Waals surface area contributed by atoms with Gasteiger partial charge in [0.25, 0.3) is 0 Å². The van der Waals surface area contributed by atoms with Gasteiger partial charge in [-0.05, 0) is 44.6 Å². The minimum Gasteiger partial charge on any atom is -0.329 e. The quantitative estimate of drug-likeness (QED) is 0.772. The van der Waals surface area contributed by atoms with Gasteiger partial charge in [-0.2, -0.15) is 0 Å². The molecule has 0 bridgehead atoms. The summed E-state index contributed by atoms with van der Waals surface area (Å²) in [4.78, 5) is 2.60. The third kappa shape index (κ3) is 3.96. The molecule has 0 saturated heterocycles. The topological polar surface area (TPSA) is 29.3 Å². The SMILES string of the molecule is CCC(CC)C(CN)N(C)C1CCC(C)CC1. The predicted octanol–water partition coefficient (Wildman–Crippen LogP) is 3.26. The minimum atomic E-state index is 0.586. The summed E-state index contributed by atoms with van der Waals surface area (Å²) in [6.45, 7) is 7.80. The summed E-state index contributed by atoms with van der Waals surface area (Å²) in [5.41, 5.74) is 6.02.